The molecule has 1 heterocycles. The second-order valence-corrected chi connectivity index (χ2v) is 17.3. The van der Waals surface area contributed by atoms with Crippen LogP contribution in [-0.4, -0.2) is 34.5 Å². The number of ether oxygens (including phenoxy) is 1. The van der Waals surface area contributed by atoms with Crippen molar-refractivity contribution in [1.82, 2.24) is 0 Å². The second kappa shape index (κ2) is 9.19. The molecule has 222 valence electrons. The van der Waals surface area contributed by atoms with E-state index in [1.165, 1.54) is 70.6 Å². The van der Waals surface area contributed by atoms with E-state index in [0.717, 1.165) is 36.0 Å². The molecule has 0 aromatic carbocycles. The molecule has 5 saturated carbocycles. The van der Waals surface area contributed by atoms with E-state index in [2.05, 4.69) is 48.5 Å². The van der Waals surface area contributed by atoms with Gasteiger partial charge in [-0.05, 0) is 140 Å². The molecule has 13 atom stereocenters. The van der Waals surface area contributed by atoms with Crippen molar-refractivity contribution < 1.29 is 19.7 Å². The lowest BCUT2D eigenvalue weighted by molar-refractivity contribution is -0.241. The third kappa shape index (κ3) is 3.84. The Bertz CT molecular complexity index is 976. The van der Waals surface area contributed by atoms with Crippen LogP contribution in [0, 0.1) is 62.6 Å². The van der Waals surface area contributed by atoms with E-state index < -0.39 is 24.3 Å². The van der Waals surface area contributed by atoms with Crippen LogP contribution in [0.4, 0.5) is 0 Å². The Kier molecular flexibility index (Phi) is 6.72. The summed E-state index contributed by atoms with van der Waals surface area (Å²) in [5.74, 6) is 3.98. The van der Waals surface area contributed by atoms with Crippen molar-refractivity contribution in [2.24, 2.45) is 62.6 Å². The fourth-order valence-corrected chi connectivity index (χ4v) is 13.5. The zero-order valence-corrected chi connectivity index (χ0v) is 26.1. The number of carbonyl (C=O) groups is 1. The molecule has 5 aliphatic carbocycles. The molecule has 0 bridgehead atoms. The topological polar surface area (TPSA) is 66.8 Å². The van der Waals surface area contributed by atoms with Crippen LogP contribution in [0.1, 0.15) is 132 Å². The highest BCUT2D eigenvalue weighted by molar-refractivity contribution is 5.77. The average Bonchev–Trinajstić information content (AvgIpc) is 3.33. The Morgan fingerprint density at radius 2 is 1.44 bits per heavy atom. The maximum Gasteiger partial charge on any atom is 0.338 e. The molecule has 1 aliphatic heterocycles. The van der Waals surface area contributed by atoms with Crippen LogP contribution in [0.5, 0.6) is 0 Å². The number of fused-ring (bicyclic) bond motifs is 7. The van der Waals surface area contributed by atoms with E-state index in [0.29, 0.717) is 39.4 Å². The summed E-state index contributed by atoms with van der Waals surface area (Å²) in [7, 11) is 0. The standard InChI is InChI=1S/C35H58O4/c1-21(9-10-24-28(36)29(37)30(38)39-24)22-13-18-32(4)23(22)14-19-34(6)26(32)11-12-27-33(5)17-8-16-31(2,3)25(33)15-20-35(27,34)7/h21-29,36-37H,8-20H2,1-7H3/t21-,22?,23?,24+,25?,26?,27?,28+,29+,32-,33-,34+,35+/m0/s1. The summed E-state index contributed by atoms with van der Waals surface area (Å²) in [5, 5.41) is 20.1. The van der Waals surface area contributed by atoms with Gasteiger partial charge in [-0.15, -0.1) is 0 Å². The first kappa shape index (κ1) is 28.5. The second-order valence-electron chi connectivity index (χ2n) is 17.3. The summed E-state index contributed by atoms with van der Waals surface area (Å²) in [6, 6.07) is 0. The quantitative estimate of drug-likeness (QED) is 0.360. The molecular formula is C35H58O4. The van der Waals surface area contributed by atoms with E-state index in [4.69, 9.17) is 4.74 Å². The minimum Gasteiger partial charge on any atom is -0.457 e. The molecule has 0 radical (unpaired) electrons. The number of esters is 1. The fraction of sp³-hybridized carbons (Fsp3) is 0.971. The predicted molar refractivity (Wildman–Crippen MR) is 155 cm³/mol. The van der Waals surface area contributed by atoms with E-state index >= 15 is 0 Å². The van der Waals surface area contributed by atoms with Crippen molar-refractivity contribution in [3.8, 4) is 0 Å². The highest BCUT2D eigenvalue weighted by atomic mass is 16.6. The predicted octanol–water partition coefficient (Wildman–Crippen LogP) is 7.54. The van der Waals surface area contributed by atoms with Crippen LogP contribution in [0.2, 0.25) is 0 Å². The molecule has 0 aromatic rings. The van der Waals surface area contributed by atoms with Gasteiger partial charge < -0.3 is 14.9 Å². The van der Waals surface area contributed by atoms with Crippen LogP contribution >= 0.6 is 0 Å². The van der Waals surface area contributed by atoms with Crippen LogP contribution < -0.4 is 0 Å². The van der Waals surface area contributed by atoms with Crippen LogP contribution in [0.15, 0.2) is 0 Å². The number of carbonyl (C=O) groups excluding carboxylic acids is 1. The molecule has 1 saturated heterocycles. The lowest BCUT2D eigenvalue weighted by Crippen LogP contribution is -2.65. The molecule has 39 heavy (non-hydrogen) atoms. The minimum absolute atomic E-state index is 0.430. The number of aliphatic hydroxyl groups excluding tert-OH is 2. The molecule has 2 N–H and O–H groups in total. The van der Waals surface area contributed by atoms with Gasteiger partial charge in [0.15, 0.2) is 6.10 Å². The summed E-state index contributed by atoms with van der Waals surface area (Å²) in [6.07, 6.45) is 14.1. The van der Waals surface area contributed by atoms with Gasteiger partial charge in [-0.3, -0.25) is 0 Å². The zero-order valence-electron chi connectivity index (χ0n) is 26.1. The smallest absolute Gasteiger partial charge is 0.338 e. The molecule has 0 amide bonds. The lowest BCUT2D eigenvalue weighted by Gasteiger charge is -2.73. The fourth-order valence-electron chi connectivity index (χ4n) is 13.5. The van der Waals surface area contributed by atoms with Crippen molar-refractivity contribution in [2.45, 2.75) is 150 Å². The number of hydrogen-bond acceptors (Lipinski definition) is 4. The van der Waals surface area contributed by atoms with Gasteiger partial charge in [0.05, 0.1) is 0 Å². The van der Waals surface area contributed by atoms with E-state index in [1.54, 1.807) is 0 Å². The Morgan fingerprint density at radius 1 is 0.795 bits per heavy atom. The van der Waals surface area contributed by atoms with E-state index in [9.17, 15) is 15.0 Å². The largest absolute Gasteiger partial charge is 0.457 e. The van der Waals surface area contributed by atoms with Gasteiger partial charge in [0.1, 0.15) is 12.2 Å². The minimum atomic E-state index is -1.37. The summed E-state index contributed by atoms with van der Waals surface area (Å²) >= 11 is 0. The summed E-state index contributed by atoms with van der Waals surface area (Å²) in [4.78, 5) is 11.7. The molecule has 6 aliphatic rings. The van der Waals surface area contributed by atoms with Crippen molar-refractivity contribution in [3.63, 3.8) is 0 Å². The van der Waals surface area contributed by atoms with Gasteiger partial charge in [-0.25, -0.2) is 4.79 Å². The van der Waals surface area contributed by atoms with Crippen LogP contribution in [-0.2, 0) is 9.53 Å². The van der Waals surface area contributed by atoms with E-state index in [-0.39, 0.29) is 0 Å². The van der Waals surface area contributed by atoms with Gasteiger partial charge in [-0.2, -0.15) is 0 Å². The number of cyclic esters (lactones) is 1. The van der Waals surface area contributed by atoms with Gasteiger partial charge in [0.25, 0.3) is 0 Å². The maximum atomic E-state index is 11.7. The van der Waals surface area contributed by atoms with Gasteiger partial charge in [0.2, 0.25) is 0 Å². The molecule has 4 heteroatoms. The molecule has 4 nitrogen and oxygen atoms in total. The summed E-state index contributed by atoms with van der Waals surface area (Å²) in [6.45, 7) is 18.5. The highest BCUT2D eigenvalue weighted by Crippen LogP contribution is 2.78. The van der Waals surface area contributed by atoms with Crippen LogP contribution in [0.3, 0.4) is 0 Å². The number of aliphatic hydroxyl groups is 2. The van der Waals surface area contributed by atoms with Gasteiger partial charge in [-0.1, -0.05) is 54.9 Å². The molecular weight excluding hydrogens is 484 g/mol. The van der Waals surface area contributed by atoms with Gasteiger partial charge in [0, 0.05) is 0 Å². The van der Waals surface area contributed by atoms with Crippen molar-refractivity contribution >= 4 is 5.97 Å². The normalized spacial score (nSPS) is 55.2. The zero-order chi connectivity index (χ0) is 28.2. The lowest BCUT2D eigenvalue weighted by atomic mass is 9.32. The van der Waals surface area contributed by atoms with Crippen molar-refractivity contribution in [3.05, 3.63) is 0 Å². The molecule has 0 aromatic heterocycles. The Morgan fingerprint density at radius 3 is 2.08 bits per heavy atom. The molecule has 6 fully saturated rings. The average molecular weight is 543 g/mol. The first-order valence-electron chi connectivity index (χ1n) is 16.8. The Balaban J connectivity index is 1.20. The van der Waals surface area contributed by atoms with Crippen molar-refractivity contribution in [1.29, 1.82) is 0 Å². The van der Waals surface area contributed by atoms with Crippen LogP contribution in [0.25, 0.3) is 0 Å². The number of hydrogen-bond donors (Lipinski definition) is 2. The SMILES string of the molecule is C[C@@H](CC[C@H]1OC(=O)[C@H](O)[C@@H]1O)C1CC[C@@]2(C)C1CC[C@]1(C)C2CCC2[C@@]3(C)CCCC(C)(C)C3CC[C@]21C. The third-order valence-corrected chi connectivity index (χ3v) is 15.6. The monoisotopic (exact) mass is 542 g/mol. The summed E-state index contributed by atoms with van der Waals surface area (Å²) in [5.41, 5.74) is 2.33. The highest BCUT2D eigenvalue weighted by Gasteiger charge is 2.70. The molecule has 0 spiro atoms. The first-order chi connectivity index (χ1) is 18.2. The van der Waals surface area contributed by atoms with E-state index in [1.807, 2.05) is 0 Å². The summed E-state index contributed by atoms with van der Waals surface area (Å²) < 4.78 is 5.29. The van der Waals surface area contributed by atoms with Gasteiger partial charge >= 0.3 is 5.97 Å². The maximum absolute atomic E-state index is 11.7. The number of rotatable bonds is 4. The Labute approximate surface area is 238 Å². The molecule has 6 rings (SSSR count). The van der Waals surface area contributed by atoms with Crippen molar-refractivity contribution in [2.75, 3.05) is 0 Å². The molecule has 5 unspecified atom stereocenters. The third-order valence-electron chi connectivity index (χ3n) is 15.6. The first-order valence-corrected chi connectivity index (χ1v) is 16.8. The Hall–Kier alpha value is -0.610.